The number of hydrogen-bond acceptors (Lipinski definition) is 7. The monoisotopic (exact) mass is 404 g/mol. The molecule has 7 nitrogen and oxygen atoms in total. The number of halogens is 3. The molecule has 4 N–H and O–H groups in total. The average Bonchev–Trinajstić information content (AvgIpc) is 2.71. The molecule has 0 aliphatic rings. The van der Waals surface area contributed by atoms with Gasteiger partial charge in [0.25, 0.3) is 0 Å². The minimum atomic E-state index is -4.40. The zero-order chi connectivity index (χ0) is 20.7. The van der Waals surface area contributed by atoms with Crippen molar-refractivity contribution in [3.05, 3.63) is 65.7 Å². The zero-order valence-electron chi connectivity index (χ0n) is 15.3. The van der Waals surface area contributed by atoms with E-state index in [0.29, 0.717) is 24.4 Å². The molecule has 152 valence electrons. The van der Waals surface area contributed by atoms with Gasteiger partial charge in [-0.3, -0.25) is 0 Å². The maximum absolute atomic E-state index is 12.9. The molecule has 1 aromatic heterocycles. The Labute approximate surface area is 165 Å². The van der Waals surface area contributed by atoms with Crippen LogP contribution in [0, 0.1) is 0 Å². The molecule has 0 unspecified atom stereocenters. The molecule has 1 heterocycles. The second-order valence-corrected chi connectivity index (χ2v) is 5.95. The fraction of sp³-hybridized carbons (Fsp3) is 0.211. The normalized spacial score (nSPS) is 11.2. The molecule has 29 heavy (non-hydrogen) atoms. The van der Waals surface area contributed by atoms with Gasteiger partial charge in [-0.2, -0.15) is 28.1 Å². The predicted molar refractivity (Wildman–Crippen MR) is 103 cm³/mol. The van der Waals surface area contributed by atoms with Crippen LogP contribution in [-0.2, 0) is 12.7 Å². The molecular weight excluding hydrogens is 385 g/mol. The highest BCUT2D eigenvalue weighted by Gasteiger charge is 2.30. The molecule has 0 saturated carbocycles. The smallest absolute Gasteiger partial charge is 0.416 e. The molecule has 3 aromatic rings. The molecule has 0 spiro atoms. The van der Waals surface area contributed by atoms with E-state index >= 15 is 0 Å². The van der Waals surface area contributed by atoms with Crippen LogP contribution >= 0.6 is 0 Å². The highest BCUT2D eigenvalue weighted by molar-refractivity contribution is 5.38. The maximum atomic E-state index is 12.9. The number of ether oxygens (including phenoxy) is 1. The fourth-order valence-electron chi connectivity index (χ4n) is 2.38. The van der Waals surface area contributed by atoms with Crippen LogP contribution in [0.15, 0.2) is 54.6 Å². The molecule has 0 amide bonds. The van der Waals surface area contributed by atoms with Crippen LogP contribution in [-0.4, -0.2) is 28.0 Å². The quantitative estimate of drug-likeness (QED) is 0.527. The van der Waals surface area contributed by atoms with Gasteiger partial charge in [0, 0.05) is 19.6 Å². The SMILES string of the molecule is NCCNc1nc(NCc2cccc(C(F)(F)F)c2)nc(Oc2ccccc2)n1. The summed E-state index contributed by atoms with van der Waals surface area (Å²) in [6.45, 7) is 0.893. The van der Waals surface area contributed by atoms with Crippen LogP contribution in [0.1, 0.15) is 11.1 Å². The largest absolute Gasteiger partial charge is 0.424 e. The predicted octanol–water partition coefficient (Wildman–Crippen LogP) is 3.67. The summed E-state index contributed by atoms with van der Waals surface area (Å²) >= 11 is 0. The van der Waals surface area contributed by atoms with Crippen molar-refractivity contribution in [3.8, 4) is 11.8 Å². The Hall–Kier alpha value is -3.40. The molecule has 0 radical (unpaired) electrons. The van der Waals surface area contributed by atoms with Crippen molar-refractivity contribution in [2.75, 3.05) is 23.7 Å². The Bertz CT molecular complexity index is 937. The van der Waals surface area contributed by atoms with E-state index in [2.05, 4.69) is 25.6 Å². The van der Waals surface area contributed by atoms with E-state index in [9.17, 15) is 13.2 Å². The Balaban J connectivity index is 1.77. The number of para-hydroxylation sites is 1. The lowest BCUT2D eigenvalue weighted by molar-refractivity contribution is -0.137. The Morgan fingerprint density at radius 2 is 1.62 bits per heavy atom. The van der Waals surface area contributed by atoms with Crippen LogP contribution in [0.2, 0.25) is 0 Å². The van der Waals surface area contributed by atoms with Crippen LogP contribution in [0.4, 0.5) is 25.1 Å². The van der Waals surface area contributed by atoms with Crippen molar-refractivity contribution in [2.24, 2.45) is 5.73 Å². The van der Waals surface area contributed by atoms with Gasteiger partial charge in [-0.25, -0.2) is 0 Å². The molecule has 3 rings (SSSR count). The second kappa shape index (κ2) is 9.20. The Morgan fingerprint density at radius 3 is 2.31 bits per heavy atom. The number of rotatable bonds is 8. The van der Waals surface area contributed by atoms with Crippen molar-refractivity contribution in [1.82, 2.24) is 15.0 Å². The number of nitrogens with zero attached hydrogens (tertiary/aromatic N) is 3. The minimum absolute atomic E-state index is 0.0391. The van der Waals surface area contributed by atoms with Crippen molar-refractivity contribution in [3.63, 3.8) is 0 Å². The summed E-state index contributed by atoms with van der Waals surface area (Å²) in [5.41, 5.74) is 5.20. The number of nitrogens with two attached hydrogens (primary N) is 1. The number of anilines is 2. The third-order valence-corrected chi connectivity index (χ3v) is 3.70. The molecule has 10 heteroatoms. The number of nitrogens with one attached hydrogen (secondary N) is 2. The summed E-state index contributed by atoms with van der Waals surface area (Å²) in [4.78, 5) is 12.5. The van der Waals surface area contributed by atoms with Crippen LogP contribution < -0.4 is 21.1 Å². The van der Waals surface area contributed by atoms with Crippen molar-refractivity contribution >= 4 is 11.9 Å². The Morgan fingerprint density at radius 1 is 0.897 bits per heavy atom. The average molecular weight is 404 g/mol. The first-order chi connectivity index (χ1) is 13.9. The third-order valence-electron chi connectivity index (χ3n) is 3.70. The van der Waals surface area contributed by atoms with E-state index in [-0.39, 0.29) is 24.5 Å². The standard InChI is InChI=1S/C19H19F3N6O/c20-19(21,22)14-6-4-5-13(11-14)12-25-17-26-16(24-10-9-23)27-18(28-17)29-15-7-2-1-3-8-15/h1-8,11H,9-10,12,23H2,(H2,24,25,26,27,28). The lowest BCUT2D eigenvalue weighted by Crippen LogP contribution is -2.16. The van der Waals surface area contributed by atoms with Crippen molar-refractivity contribution in [2.45, 2.75) is 12.7 Å². The highest BCUT2D eigenvalue weighted by Crippen LogP contribution is 2.29. The summed E-state index contributed by atoms with van der Waals surface area (Å²) in [6, 6.07) is 14.0. The Kier molecular flexibility index (Phi) is 6.45. The first kappa shape index (κ1) is 20.3. The first-order valence-electron chi connectivity index (χ1n) is 8.77. The maximum Gasteiger partial charge on any atom is 0.416 e. The van der Waals surface area contributed by atoms with Crippen LogP contribution in [0.25, 0.3) is 0 Å². The summed E-state index contributed by atoms with van der Waals surface area (Å²) in [6.07, 6.45) is -4.40. The highest BCUT2D eigenvalue weighted by atomic mass is 19.4. The molecule has 0 aliphatic carbocycles. The van der Waals surface area contributed by atoms with Gasteiger partial charge in [-0.05, 0) is 29.8 Å². The van der Waals surface area contributed by atoms with Gasteiger partial charge in [-0.1, -0.05) is 30.3 Å². The van der Waals surface area contributed by atoms with Crippen molar-refractivity contribution < 1.29 is 17.9 Å². The summed E-state index contributed by atoms with van der Waals surface area (Å²) in [5.74, 6) is 0.929. The van der Waals surface area contributed by atoms with Crippen LogP contribution in [0.3, 0.4) is 0 Å². The van der Waals surface area contributed by atoms with Gasteiger partial charge in [0.1, 0.15) is 5.75 Å². The van der Waals surface area contributed by atoms with Crippen molar-refractivity contribution in [1.29, 1.82) is 0 Å². The molecule has 0 fully saturated rings. The van der Waals surface area contributed by atoms with Gasteiger partial charge in [0.15, 0.2) is 0 Å². The molecule has 0 atom stereocenters. The first-order valence-corrected chi connectivity index (χ1v) is 8.77. The van der Waals surface area contributed by atoms with E-state index in [0.717, 1.165) is 12.1 Å². The molecular formula is C19H19F3N6O. The number of benzene rings is 2. The van der Waals surface area contributed by atoms with Crippen LogP contribution in [0.5, 0.6) is 11.8 Å². The van der Waals surface area contributed by atoms with E-state index in [1.54, 1.807) is 30.3 Å². The minimum Gasteiger partial charge on any atom is -0.424 e. The lowest BCUT2D eigenvalue weighted by Gasteiger charge is -2.11. The number of hydrogen-bond donors (Lipinski definition) is 3. The fourth-order valence-corrected chi connectivity index (χ4v) is 2.38. The van der Waals surface area contributed by atoms with Gasteiger partial charge >= 0.3 is 12.2 Å². The molecule has 0 bridgehead atoms. The third kappa shape index (κ3) is 6.04. The van der Waals surface area contributed by atoms with E-state index in [1.807, 2.05) is 6.07 Å². The molecule has 2 aromatic carbocycles. The number of alkyl halides is 3. The van der Waals surface area contributed by atoms with Gasteiger partial charge in [0.2, 0.25) is 11.9 Å². The van der Waals surface area contributed by atoms with Gasteiger partial charge in [0.05, 0.1) is 5.56 Å². The molecule has 0 aliphatic heterocycles. The van der Waals surface area contributed by atoms with E-state index in [4.69, 9.17) is 10.5 Å². The second-order valence-electron chi connectivity index (χ2n) is 5.95. The topological polar surface area (TPSA) is 98.0 Å². The van der Waals surface area contributed by atoms with Gasteiger partial charge < -0.3 is 21.1 Å². The number of aromatic nitrogens is 3. The lowest BCUT2D eigenvalue weighted by atomic mass is 10.1. The molecule has 0 saturated heterocycles. The summed E-state index contributed by atoms with van der Waals surface area (Å²) in [7, 11) is 0. The zero-order valence-corrected chi connectivity index (χ0v) is 15.3. The summed E-state index contributed by atoms with van der Waals surface area (Å²) in [5, 5.41) is 5.83. The van der Waals surface area contributed by atoms with E-state index < -0.39 is 11.7 Å². The van der Waals surface area contributed by atoms with Gasteiger partial charge in [-0.15, -0.1) is 0 Å². The summed E-state index contributed by atoms with van der Waals surface area (Å²) < 4.78 is 44.3. The van der Waals surface area contributed by atoms with E-state index in [1.165, 1.54) is 6.07 Å².